The second-order valence-corrected chi connectivity index (χ2v) is 4.64. The summed E-state index contributed by atoms with van der Waals surface area (Å²) in [5, 5.41) is 14.5. The lowest BCUT2D eigenvalue weighted by Crippen LogP contribution is -2.46. The van der Waals surface area contributed by atoms with Crippen LogP contribution in [0.2, 0.25) is 0 Å². The molecule has 0 heterocycles. The standard InChI is InChI=1S/C14H20FN3O2/c1-4-14(5-2,12(16)18-20)13(19)17-11-8-6-7-10(15)9(11)3/h6-8,20H,4-5H2,1-3H3,(H2,16,18)(H,17,19). The van der Waals surface area contributed by atoms with E-state index in [1.54, 1.807) is 26.8 Å². The number of hydrogen-bond acceptors (Lipinski definition) is 3. The molecule has 0 bridgehead atoms. The van der Waals surface area contributed by atoms with E-state index in [1.165, 1.54) is 12.1 Å². The van der Waals surface area contributed by atoms with E-state index >= 15 is 0 Å². The fraction of sp³-hybridized carbons (Fsp3) is 0.429. The molecule has 0 atom stereocenters. The monoisotopic (exact) mass is 281 g/mol. The molecule has 5 nitrogen and oxygen atoms in total. The number of carbonyl (C=O) groups excluding carboxylic acids is 1. The molecule has 110 valence electrons. The Bertz CT molecular complexity index is 525. The van der Waals surface area contributed by atoms with Gasteiger partial charge in [0.15, 0.2) is 5.84 Å². The number of amidine groups is 1. The van der Waals surface area contributed by atoms with Crippen LogP contribution in [0.25, 0.3) is 0 Å². The number of amides is 1. The van der Waals surface area contributed by atoms with Crippen LogP contribution in [0.15, 0.2) is 23.4 Å². The highest BCUT2D eigenvalue weighted by Crippen LogP contribution is 2.29. The molecule has 0 unspecified atom stereocenters. The molecule has 0 aliphatic carbocycles. The first-order valence-corrected chi connectivity index (χ1v) is 6.47. The van der Waals surface area contributed by atoms with Crippen LogP contribution in [0.5, 0.6) is 0 Å². The second kappa shape index (κ2) is 6.36. The van der Waals surface area contributed by atoms with Crippen molar-refractivity contribution in [3.05, 3.63) is 29.6 Å². The topological polar surface area (TPSA) is 87.7 Å². The maximum atomic E-state index is 13.5. The third-order valence-electron chi connectivity index (χ3n) is 3.76. The Morgan fingerprint density at radius 1 is 1.45 bits per heavy atom. The van der Waals surface area contributed by atoms with Crippen LogP contribution in [0.1, 0.15) is 32.3 Å². The summed E-state index contributed by atoms with van der Waals surface area (Å²) in [5.41, 5.74) is 5.29. The Hall–Kier alpha value is -2.11. The van der Waals surface area contributed by atoms with Crippen molar-refractivity contribution in [2.45, 2.75) is 33.6 Å². The van der Waals surface area contributed by atoms with Gasteiger partial charge in [-0.25, -0.2) is 4.39 Å². The molecule has 1 aromatic rings. The van der Waals surface area contributed by atoms with Crippen molar-refractivity contribution in [3.8, 4) is 0 Å². The van der Waals surface area contributed by atoms with Crippen molar-refractivity contribution in [1.82, 2.24) is 0 Å². The van der Waals surface area contributed by atoms with Crippen LogP contribution in [0, 0.1) is 18.2 Å². The van der Waals surface area contributed by atoms with Gasteiger partial charge in [0, 0.05) is 11.3 Å². The summed E-state index contributed by atoms with van der Waals surface area (Å²) in [6, 6.07) is 4.45. The minimum Gasteiger partial charge on any atom is -0.409 e. The summed E-state index contributed by atoms with van der Waals surface area (Å²) in [6.45, 7) is 5.13. The number of nitrogens with one attached hydrogen (secondary N) is 1. The minimum atomic E-state index is -1.10. The van der Waals surface area contributed by atoms with Crippen LogP contribution in [-0.2, 0) is 4.79 Å². The molecule has 1 aromatic carbocycles. The van der Waals surface area contributed by atoms with Gasteiger partial charge in [-0.1, -0.05) is 25.1 Å². The van der Waals surface area contributed by atoms with Crippen LogP contribution < -0.4 is 11.1 Å². The molecule has 0 aliphatic rings. The number of hydrogen-bond donors (Lipinski definition) is 3. The number of rotatable bonds is 5. The van der Waals surface area contributed by atoms with E-state index in [0.717, 1.165) is 0 Å². The van der Waals surface area contributed by atoms with E-state index < -0.39 is 17.1 Å². The zero-order valence-corrected chi connectivity index (χ0v) is 11.9. The molecular formula is C14H20FN3O2. The number of oxime groups is 1. The Labute approximate surface area is 117 Å². The van der Waals surface area contributed by atoms with Crippen LogP contribution in [0.4, 0.5) is 10.1 Å². The summed E-state index contributed by atoms with van der Waals surface area (Å²) in [5.74, 6) is -0.953. The maximum absolute atomic E-state index is 13.5. The zero-order chi connectivity index (χ0) is 15.3. The van der Waals surface area contributed by atoms with Gasteiger partial charge in [-0.15, -0.1) is 0 Å². The second-order valence-electron chi connectivity index (χ2n) is 4.64. The van der Waals surface area contributed by atoms with E-state index in [4.69, 9.17) is 10.9 Å². The first-order valence-electron chi connectivity index (χ1n) is 6.47. The van der Waals surface area contributed by atoms with E-state index in [2.05, 4.69) is 10.5 Å². The van der Waals surface area contributed by atoms with Crippen LogP contribution >= 0.6 is 0 Å². The van der Waals surface area contributed by atoms with Gasteiger partial charge in [-0.2, -0.15) is 0 Å². The predicted molar refractivity (Wildman–Crippen MR) is 76.2 cm³/mol. The first kappa shape index (κ1) is 15.9. The van der Waals surface area contributed by atoms with Crippen molar-refractivity contribution in [2.75, 3.05) is 5.32 Å². The number of halogens is 1. The van der Waals surface area contributed by atoms with Gasteiger partial charge < -0.3 is 16.3 Å². The number of anilines is 1. The van der Waals surface area contributed by atoms with Crippen LogP contribution in [-0.4, -0.2) is 17.0 Å². The van der Waals surface area contributed by atoms with Gasteiger partial charge in [0.05, 0.1) is 0 Å². The van der Waals surface area contributed by atoms with E-state index in [9.17, 15) is 9.18 Å². The van der Waals surface area contributed by atoms with E-state index in [0.29, 0.717) is 24.1 Å². The predicted octanol–water partition coefficient (Wildman–Crippen LogP) is 2.63. The molecule has 0 saturated carbocycles. The maximum Gasteiger partial charge on any atom is 0.238 e. The molecule has 0 aliphatic heterocycles. The Balaban J connectivity index is 3.13. The molecule has 0 aromatic heterocycles. The van der Waals surface area contributed by atoms with Gasteiger partial charge >= 0.3 is 0 Å². The number of nitrogens with two attached hydrogens (primary N) is 1. The number of benzene rings is 1. The van der Waals surface area contributed by atoms with Gasteiger partial charge in [-0.05, 0) is 31.9 Å². The Morgan fingerprint density at radius 3 is 2.55 bits per heavy atom. The molecule has 4 N–H and O–H groups in total. The normalized spacial score (nSPS) is 12.3. The van der Waals surface area contributed by atoms with E-state index in [-0.39, 0.29) is 5.84 Å². The largest absolute Gasteiger partial charge is 0.409 e. The molecule has 0 saturated heterocycles. The van der Waals surface area contributed by atoms with Gasteiger partial charge in [-0.3, -0.25) is 4.79 Å². The SMILES string of the molecule is CCC(CC)(C(=O)Nc1cccc(F)c1C)C(N)=NO. The van der Waals surface area contributed by atoms with Crippen molar-refractivity contribution >= 4 is 17.4 Å². The summed E-state index contributed by atoms with van der Waals surface area (Å²) >= 11 is 0. The van der Waals surface area contributed by atoms with E-state index in [1.807, 2.05) is 0 Å². The summed E-state index contributed by atoms with van der Waals surface area (Å²) < 4.78 is 13.5. The Kier molecular flexibility index (Phi) is 5.07. The molecule has 0 radical (unpaired) electrons. The lowest BCUT2D eigenvalue weighted by Gasteiger charge is -2.28. The molecule has 0 spiro atoms. The average Bonchev–Trinajstić information content (AvgIpc) is 2.45. The summed E-state index contributed by atoms with van der Waals surface area (Å²) in [6.07, 6.45) is 0.749. The molecule has 20 heavy (non-hydrogen) atoms. The summed E-state index contributed by atoms with van der Waals surface area (Å²) in [4.78, 5) is 12.5. The third-order valence-corrected chi connectivity index (χ3v) is 3.76. The Morgan fingerprint density at radius 2 is 2.05 bits per heavy atom. The van der Waals surface area contributed by atoms with Crippen LogP contribution in [0.3, 0.4) is 0 Å². The van der Waals surface area contributed by atoms with Crippen molar-refractivity contribution in [2.24, 2.45) is 16.3 Å². The molecular weight excluding hydrogens is 261 g/mol. The highest BCUT2D eigenvalue weighted by atomic mass is 19.1. The molecule has 1 amide bonds. The minimum absolute atomic E-state index is 0.144. The summed E-state index contributed by atoms with van der Waals surface area (Å²) in [7, 11) is 0. The van der Waals surface area contributed by atoms with Crippen molar-refractivity contribution in [1.29, 1.82) is 0 Å². The highest BCUT2D eigenvalue weighted by molar-refractivity contribution is 6.11. The number of nitrogens with zero attached hydrogens (tertiary/aromatic N) is 1. The van der Waals surface area contributed by atoms with Gasteiger partial charge in [0.25, 0.3) is 0 Å². The lowest BCUT2D eigenvalue weighted by atomic mass is 9.80. The van der Waals surface area contributed by atoms with Crippen molar-refractivity contribution in [3.63, 3.8) is 0 Å². The fourth-order valence-corrected chi connectivity index (χ4v) is 2.13. The first-order chi connectivity index (χ1) is 9.42. The quantitative estimate of drug-likeness (QED) is 0.335. The molecule has 0 fully saturated rings. The van der Waals surface area contributed by atoms with Crippen molar-refractivity contribution < 1.29 is 14.4 Å². The molecule has 6 heteroatoms. The zero-order valence-electron chi connectivity index (χ0n) is 11.9. The van der Waals surface area contributed by atoms with Gasteiger partial charge in [0.2, 0.25) is 5.91 Å². The smallest absolute Gasteiger partial charge is 0.238 e. The van der Waals surface area contributed by atoms with Gasteiger partial charge in [0.1, 0.15) is 11.2 Å². The fourth-order valence-electron chi connectivity index (χ4n) is 2.13. The average molecular weight is 281 g/mol. The highest BCUT2D eigenvalue weighted by Gasteiger charge is 2.40. The molecule has 1 rings (SSSR count). The third kappa shape index (κ3) is 2.74. The lowest BCUT2D eigenvalue weighted by molar-refractivity contribution is -0.122. The number of carbonyl (C=O) groups is 1.